The summed E-state index contributed by atoms with van der Waals surface area (Å²) in [6.07, 6.45) is 12.0. The van der Waals surface area contributed by atoms with Crippen molar-refractivity contribution in [2.45, 2.75) is 78.2 Å². The molecule has 3 fully saturated rings. The molecular formula is C23H36O3. The second-order valence-corrected chi connectivity index (χ2v) is 9.61. The van der Waals surface area contributed by atoms with Gasteiger partial charge in [0.2, 0.25) is 0 Å². The molecule has 146 valence electrons. The van der Waals surface area contributed by atoms with Gasteiger partial charge in [-0.2, -0.15) is 0 Å². The first-order chi connectivity index (χ1) is 12.5. The summed E-state index contributed by atoms with van der Waals surface area (Å²) in [5, 5.41) is 0. The Hall–Kier alpha value is -0.670. The lowest BCUT2D eigenvalue weighted by atomic mass is 9.48. The Labute approximate surface area is 158 Å². The lowest BCUT2D eigenvalue weighted by molar-refractivity contribution is -0.132. The summed E-state index contributed by atoms with van der Waals surface area (Å²) in [6.45, 7) is 9.02. The molecule has 0 spiro atoms. The number of rotatable bonds is 5. The Kier molecular flexibility index (Phi) is 5.07. The van der Waals surface area contributed by atoms with E-state index >= 15 is 0 Å². The van der Waals surface area contributed by atoms with Gasteiger partial charge in [0.05, 0.1) is 19.3 Å². The van der Waals surface area contributed by atoms with Crippen LogP contribution < -0.4 is 0 Å². The van der Waals surface area contributed by atoms with Gasteiger partial charge >= 0.3 is 0 Å². The Morgan fingerprint density at radius 3 is 2.65 bits per heavy atom. The summed E-state index contributed by atoms with van der Waals surface area (Å²) >= 11 is 0. The Morgan fingerprint density at radius 1 is 1.08 bits per heavy atom. The van der Waals surface area contributed by atoms with Crippen LogP contribution in [0.25, 0.3) is 0 Å². The van der Waals surface area contributed by atoms with Crippen LogP contribution in [-0.4, -0.2) is 31.7 Å². The van der Waals surface area contributed by atoms with Gasteiger partial charge in [0.15, 0.2) is 0 Å². The van der Waals surface area contributed by atoms with Gasteiger partial charge in [0.1, 0.15) is 5.78 Å². The van der Waals surface area contributed by atoms with Crippen LogP contribution in [0, 0.1) is 28.6 Å². The molecule has 0 bridgehead atoms. The summed E-state index contributed by atoms with van der Waals surface area (Å²) in [7, 11) is 0. The van der Waals surface area contributed by atoms with E-state index < -0.39 is 0 Å². The van der Waals surface area contributed by atoms with E-state index in [0.717, 1.165) is 50.7 Å². The number of ketones is 1. The fourth-order valence-corrected chi connectivity index (χ4v) is 6.96. The second kappa shape index (κ2) is 7.05. The van der Waals surface area contributed by atoms with Gasteiger partial charge < -0.3 is 9.47 Å². The summed E-state index contributed by atoms with van der Waals surface area (Å²) in [4.78, 5) is 12.5. The first kappa shape index (κ1) is 18.7. The lowest BCUT2D eigenvalue weighted by Gasteiger charge is -2.57. The number of fused-ring (bicyclic) bond motifs is 5. The molecule has 0 N–H and O–H groups in total. The highest BCUT2D eigenvalue weighted by atomic mass is 16.5. The van der Waals surface area contributed by atoms with Crippen LogP contribution >= 0.6 is 0 Å². The maximum Gasteiger partial charge on any atom is 0.139 e. The van der Waals surface area contributed by atoms with Crippen molar-refractivity contribution in [1.82, 2.24) is 0 Å². The molecule has 0 heterocycles. The molecule has 0 aromatic rings. The summed E-state index contributed by atoms with van der Waals surface area (Å²) in [5.74, 6) is 2.68. The number of hydrogen-bond acceptors (Lipinski definition) is 3. The first-order valence-corrected chi connectivity index (χ1v) is 10.9. The van der Waals surface area contributed by atoms with E-state index in [-0.39, 0.29) is 5.41 Å². The third kappa shape index (κ3) is 2.90. The highest BCUT2D eigenvalue weighted by Crippen LogP contribution is 2.64. The van der Waals surface area contributed by atoms with Gasteiger partial charge in [-0.05, 0) is 75.0 Å². The number of carbonyl (C=O) groups excluding carboxylic acids is 1. The minimum atomic E-state index is -0.0114. The minimum Gasteiger partial charge on any atom is -0.379 e. The van der Waals surface area contributed by atoms with Crippen molar-refractivity contribution in [1.29, 1.82) is 0 Å². The molecule has 6 atom stereocenters. The van der Waals surface area contributed by atoms with Crippen LogP contribution in [0.5, 0.6) is 0 Å². The number of ether oxygens (including phenoxy) is 2. The van der Waals surface area contributed by atoms with Crippen LogP contribution in [0.15, 0.2) is 11.6 Å². The van der Waals surface area contributed by atoms with Crippen molar-refractivity contribution in [2.24, 2.45) is 28.6 Å². The molecule has 4 rings (SSSR count). The monoisotopic (exact) mass is 360 g/mol. The summed E-state index contributed by atoms with van der Waals surface area (Å²) in [6, 6.07) is 0. The van der Waals surface area contributed by atoms with Crippen LogP contribution in [0.3, 0.4) is 0 Å². The third-order valence-electron chi connectivity index (χ3n) is 8.55. The summed E-state index contributed by atoms with van der Waals surface area (Å²) < 4.78 is 11.5. The molecule has 0 aromatic carbocycles. The predicted octanol–water partition coefficient (Wildman–Crippen LogP) is 4.94. The van der Waals surface area contributed by atoms with Gasteiger partial charge in [-0.3, -0.25) is 4.79 Å². The number of Topliss-reactive ketones (excluding diaryl/α,β-unsaturated/α-hetero) is 1. The van der Waals surface area contributed by atoms with Gasteiger partial charge in [-0.15, -0.1) is 0 Å². The van der Waals surface area contributed by atoms with Gasteiger partial charge in [-0.25, -0.2) is 0 Å². The zero-order chi connectivity index (χ0) is 18.4. The van der Waals surface area contributed by atoms with E-state index in [1.165, 1.54) is 25.7 Å². The molecule has 4 aliphatic carbocycles. The fraction of sp³-hybridized carbons (Fsp3) is 0.870. The van der Waals surface area contributed by atoms with Crippen molar-refractivity contribution in [3.8, 4) is 0 Å². The lowest BCUT2D eigenvalue weighted by Crippen LogP contribution is -2.50. The van der Waals surface area contributed by atoms with E-state index in [4.69, 9.17) is 9.47 Å². The number of hydrogen-bond donors (Lipinski definition) is 0. The van der Waals surface area contributed by atoms with Gasteiger partial charge in [0, 0.05) is 18.4 Å². The largest absolute Gasteiger partial charge is 0.379 e. The Balaban J connectivity index is 1.46. The molecule has 3 nitrogen and oxygen atoms in total. The summed E-state index contributed by atoms with van der Waals surface area (Å²) in [5.41, 5.74) is 1.98. The van der Waals surface area contributed by atoms with Crippen molar-refractivity contribution in [3.63, 3.8) is 0 Å². The van der Waals surface area contributed by atoms with E-state index in [9.17, 15) is 4.79 Å². The highest BCUT2D eigenvalue weighted by molar-refractivity contribution is 5.87. The second-order valence-electron chi connectivity index (χ2n) is 9.61. The molecule has 0 amide bonds. The first-order valence-electron chi connectivity index (χ1n) is 10.9. The van der Waals surface area contributed by atoms with E-state index in [1.807, 2.05) is 6.92 Å². The average molecular weight is 361 g/mol. The molecule has 0 saturated heterocycles. The minimum absolute atomic E-state index is 0.0114. The average Bonchev–Trinajstić information content (AvgIpc) is 2.94. The smallest absolute Gasteiger partial charge is 0.139 e. The zero-order valence-electron chi connectivity index (χ0n) is 16.9. The van der Waals surface area contributed by atoms with Crippen LogP contribution in [-0.2, 0) is 14.3 Å². The number of carbonyl (C=O) groups is 1. The van der Waals surface area contributed by atoms with Gasteiger partial charge in [0.25, 0.3) is 0 Å². The van der Waals surface area contributed by atoms with Crippen molar-refractivity contribution in [2.75, 3.05) is 19.8 Å². The van der Waals surface area contributed by atoms with Crippen LogP contribution in [0.2, 0.25) is 0 Å². The Morgan fingerprint density at radius 2 is 1.85 bits per heavy atom. The van der Waals surface area contributed by atoms with Crippen molar-refractivity contribution < 1.29 is 14.3 Å². The molecule has 0 aromatic heterocycles. The normalized spacial score (nSPS) is 44.9. The number of allylic oxidation sites excluding steroid dienone is 1. The molecule has 1 unspecified atom stereocenters. The third-order valence-corrected chi connectivity index (χ3v) is 8.55. The predicted molar refractivity (Wildman–Crippen MR) is 103 cm³/mol. The van der Waals surface area contributed by atoms with Crippen LogP contribution in [0.4, 0.5) is 0 Å². The maximum atomic E-state index is 12.5. The van der Waals surface area contributed by atoms with Crippen molar-refractivity contribution in [3.05, 3.63) is 11.6 Å². The van der Waals surface area contributed by atoms with Gasteiger partial charge in [-0.1, -0.05) is 25.5 Å². The topological polar surface area (TPSA) is 35.5 Å². The zero-order valence-corrected chi connectivity index (χ0v) is 16.9. The molecule has 26 heavy (non-hydrogen) atoms. The molecule has 0 radical (unpaired) electrons. The molecule has 3 saturated carbocycles. The molecule has 3 heteroatoms. The van der Waals surface area contributed by atoms with E-state index in [0.29, 0.717) is 29.8 Å². The van der Waals surface area contributed by atoms with Crippen LogP contribution in [0.1, 0.15) is 72.1 Å². The SMILES string of the molecule is CCOCCOC1CC[C@@]2(C)C(=CC[C@@H]3[C@@H]2CC[C@]2(C)C(=O)CC[C@@H]32)C1. The Bertz CT molecular complexity index is 582. The standard InChI is InChI=1S/C23H36O3/c1-4-25-13-14-26-17-9-11-22(2)16(15-17)5-6-18-19-7-8-21(24)23(19,3)12-10-20(18)22/h5,17-20H,4,6-15H2,1-3H3/t17?,18-,19-,20-,22-,23-/m0/s1. The van der Waals surface area contributed by atoms with Crippen molar-refractivity contribution >= 4 is 5.78 Å². The highest BCUT2D eigenvalue weighted by Gasteiger charge is 2.58. The molecule has 4 aliphatic rings. The quantitative estimate of drug-likeness (QED) is 0.514. The fourth-order valence-electron chi connectivity index (χ4n) is 6.96. The maximum absolute atomic E-state index is 12.5. The molecule has 0 aliphatic heterocycles. The molecular weight excluding hydrogens is 324 g/mol. The van der Waals surface area contributed by atoms with E-state index in [1.54, 1.807) is 5.57 Å². The van der Waals surface area contributed by atoms with E-state index in [2.05, 4.69) is 19.9 Å².